The molecule has 0 N–H and O–H groups in total. The minimum Gasteiger partial charge on any atom is -0.381 e. The van der Waals surface area contributed by atoms with Gasteiger partial charge >= 0.3 is 0 Å². The van der Waals surface area contributed by atoms with E-state index < -0.39 is 0 Å². The van der Waals surface area contributed by atoms with Crippen molar-refractivity contribution in [3.8, 4) is 0 Å². The van der Waals surface area contributed by atoms with Crippen LogP contribution in [0.3, 0.4) is 0 Å². The molecule has 0 bridgehead atoms. The molecule has 23 heavy (non-hydrogen) atoms. The average Bonchev–Trinajstić information content (AvgIpc) is 2.76. The molecule has 0 aromatic heterocycles. The molecular weight excluding hydrogens is 360 g/mol. The van der Waals surface area contributed by atoms with Crippen LogP contribution in [0.15, 0.2) is 28.7 Å². The van der Waals surface area contributed by atoms with Crippen molar-refractivity contribution in [2.45, 2.75) is 18.9 Å². The van der Waals surface area contributed by atoms with Gasteiger partial charge in [0, 0.05) is 44.3 Å². The van der Waals surface area contributed by atoms with E-state index in [4.69, 9.17) is 4.74 Å². The number of nitrogens with zero attached hydrogens (tertiary/aromatic N) is 2. The Morgan fingerprint density at radius 2 is 1.78 bits per heavy atom. The van der Waals surface area contributed by atoms with Crippen LogP contribution in [0.1, 0.15) is 23.2 Å². The van der Waals surface area contributed by atoms with E-state index >= 15 is 0 Å². The Balaban J connectivity index is 2.11. The highest BCUT2D eigenvalue weighted by Gasteiger charge is 2.34. The fraction of sp³-hybridized carbons (Fsp3) is 0.529. The number of carbonyl (C=O) groups excluding carboxylic acids is 2. The van der Waals surface area contributed by atoms with E-state index in [0.717, 1.165) is 4.47 Å². The fourth-order valence-electron chi connectivity index (χ4n) is 2.95. The van der Waals surface area contributed by atoms with Crippen molar-refractivity contribution in [1.29, 1.82) is 0 Å². The highest BCUT2D eigenvalue weighted by molar-refractivity contribution is 9.10. The minimum absolute atomic E-state index is 0.00491. The van der Waals surface area contributed by atoms with E-state index in [1.165, 1.54) is 0 Å². The number of rotatable bonds is 3. The zero-order chi connectivity index (χ0) is 17.0. The Morgan fingerprint density at radius 1 is 1.17 bits per heavy atom. The van der Waals surface area contributed by atoms with E-state index in [-0.39, 0.29) is 23.8 Å². The summed E-state index contributed by atoms with van der Waals surface area (Å²) in [4.78, 5) is 28.4. The number of likely N-dealkylation sites (tertiary alicyclic amines) is 1. The lowest BCUT2D eigenvalue weighted by Crippen LogP contribution is -2.37. The molecule has 6 heteroatoms. The summed E-state index contributed by atoms with van der Waals surface area (Å²) in [6, 6.07) is 7.35. The standard InChI is InChI=1S/C17H23BrN2O3/c1-19(2)17(22)14-8-10-20(11-9-15(14)23-3)16(21)12-4-6-13(18)7-5-12/h4-7,14-15H,8-11H2,1-3H3/t14-,15+/m0/s1. The van der Waals surface area contributed by atoms with E-state index in [1.807, 2.05) is 29.2 Å². The topological polar surface area (TPSA) is 49.9 Å². The molecule has 2 rings (SSSR count). The number of amides is 2. The number of ether oxygens (including phenoxy) is 1. The molecular formula is C17H23BrN2O3. The maximum Gasteiger partial charge on any atom is 0.253 e. The first-order valence-corrected chi connectivity index (χ1v) is 8.52. The summed E-state index contributed by atoms with van der Waals surface area (Å²) >= 11 is 3.37. The molecule has 126 valence electrons. The minimum atomic E-state index is -0.197. The Hall–Kier alpha value is -1.40. The zero-order valence-electron chi connectivity index (χ0n) is 13.8. The third-order valence-corrected chi connectivity index (χ3v) is 4.81. The fourth-order valence-corrected chi connectivity index (χ4v) is 3.22. The van der Waals surface area contributed by atoms with Crippen molar-refractivity contribution in [3.05, 3.63) is 34.3 Å². The summed E-state index contributed by atoms with van der Waals surface area (Å²) in [5.41, 5.74) is 0.666. The molecule has 0 unspecified atom stereocenters. The lowest BCUT2D eigenvalue weighted by atomic mass is 9.96. The number of methoxy groups -OCH3 is 1. The van der Waals surface area contributed by atoms with E-state index in [0.29, 0.717) is 31.5 Å². The molecule has 1 aromatic carbocycles. The summed E-state index contributed by atoms with van der Waals surface area (Å²) in [5.74, 6) is -0.127. The number of carbonyl (C=O) groups is 2. The van der Waals surface area contributed by atoms with Crippen molar-refractivity contribution in [2.75, 3.05) is 34.3 Å². The van der Waals surface area contributed by atoms with Gasteiger partial charge in [0.15, 0.2) is 0 Å². The molecule has 1 aliphatic rings. The molecule has 1 fully saturated rings. The van der Waals surface area contributed by atoms with Gasteiger partial charge in [0.05, 0.1) is 12.0 Å². The van der Waals surface area contributed by atoms with Crippen LogP contribution >= 0.6 is 15.9 Å². The summed E-state index contributed by atoms with van der Waals surface area (Å²) < 4.78 is 6.46. The van der Waals surface area contributed by atoms with Gasteiger partial charge in [-0.1, -0.05) is 15.9 Å². The van der Waals surface area contributed by atoms with E-state index in [1.54, 1.807) is 26.1 Å². The summed E-state index contributed by atoms with van der Waals surface area (Å²) in [6.45, 7) is 1.17. The SMILES string of the molecule is CO[C@@H]1CCN(C(=O)c2ccc(Br)cc2)CC[C@@H]1C(=O)N(C)C. The van der Waals surface area contributed by atoms with Crippen molar-refractivity contribution in [3.63, 3.8) is 0 Å². The number of hydrogen-bond acceptors (Lipinski definition) is 3. The van der Waals surface area contributed by atoms with Crippen LogP contribution < -0.4 is 0 Å². The van der Waals surface area contributed by atoms with Crippen molar-refractivity contribution < 1.29 is 14.3 Å². The zero-order valence-corrected chi connectivity index (χ0v) is 15.4. The average molecular weight is 383 g/mol. The van der Waals surface area contributed by atoms with Crippen LogP contribution in [0.4, 0.5) is 0 Å². The second-order valence-corrected chi connectivity index (χ2v) is 6.91. The maximum absolute atomic E-state index is 12.6. The first-order chi connectivity index (χ1) is 10.9. The molecule has 2 atom stereocenters. The van der Waals surface area contributed by atoms with Gasteiger partial charge < -0.3 is 14.5 Å². The monoisotopic (exact) mass is 382 g/mol. The van der Waals surface area contributed by atoms with Gasteiger partial charge in [-0.3, -0.25) is 9.59 Å². The van der Waals surface area contributed by atoms with Gasteiger partial charge in [-0.15, -0.1) is 0 Å². The van der Waals surface area contributed by atoms with Gasteiger partial charge in [0.2, 0.25) is 5.91 Å². The van der Waals surface area contributed by atoms with E-state index in [2.05, 4.69) is 15.9 Å². The number of halogens is 1. The maximum atomic E-state index is 12.6. The Labute approximate surface area is 145 Å². The largest absolute Gasteiger partial charge is 0.381 e. The molecule has 1 aliphatic heterocycles. The molecule has 1 aromatic rings. The summed E-state index contributed by atoms with van der Waals surface area (Å²) in [6.07, 6.45) is 1.15. The predicted octanol–water partition coefficient (Wildman–Crippen LogP) is 2.40. The van der Waals surface area contributed by atoms with Gasteiger partial charge in [-0.2, -0.15) is 0 Å². The van der Waals surface area contributed by atoms with Crippen molar-refractivity contribution in [2.24, 2.45) is 5.92 Å². The predicted molar refractivity (Wildman–Crippen MR) is 92.3 cm³/mol. The van der Waals surface area contributed by atoms with Crippen LogP contribution in [-0.4, -0.2) is 62.0 Å². The highest BCUT2D eigenvalue weighted by Crippen LogP contribution is 2.23. The van der Waals surface area contributed by atoms with Crippen LogP contribution in [0.25, 0.3) is 0 Å². The molecule has 1 saturated heterocycles. The van der Waals surface area contributed by atoms with E-state index in [9.17, 15) is 9.59 Å². The molecule has 0 radical (unpaired) electrons. The molecule has 0 aliphatic carbocycles. The normalized spacial score (nSPS) is 21.7. The van der Waals surface area contributed by atoms with Crippen LogP contribution in [0, 0.1) is 5.92 Å². The second kappa shape index (κ2) is 7.93. The quantitative estimate of drug-likeness (QED) is 0.806. The second-order valence-electron chi connectivity index (χ2n) is 5.99. The third kappa shape index (κ3) is 4.32. The highest BCUT2D eigenvalue weighted by atomic mass is 79.9. The molecule has 0 spiro atoms. The first kappa shape index (κ1) is 17.9. The third-order valence-electron chi connectivity index (χ3n) is 4.28. The number of benzene rings is 1. The Bertz CT molecular complexity index is 559. The molecule has 2 amide bonds. The summed E-state index contributed by atoms with van der Waals surface area (Å²) in [5, 5.41) is 0. The van der Waals surface area contributed by atoms with Gasteiger partial charge in [-0.25, -0.2) is 0 Å². The van der Waals surface area contributed by atoms with Crippen molar-refractivity contribution >= 4 is 27.7 Å². The molecule has 0 saturated carbocycles. The lowest BCUT2D eigenvalue weighted by molar-refractivity contribution is -0.137. The Kier molecular flexibility index (Phi) is 6.18. The Morgan fingerprint density at radius 3 is 2.35 bits per heavy atom. The van der Waals surface area contributed by atoms with Gasteiger partial charge in [0.1, 0.15) is 0 Å². The van der Waals surface area contributed by atoms with Crippen LogP contribution in [0.2, 0.25) is 0 Å². The van der Waals surface area contributed by atoms with Crippen molar-refractivity contribution in [1.82, 2.24) is 9.80 Å². The smallest absolute Gasteiger partial charge is 0.253 e. The van der Waals surface area contributed by atoms with Crippen LogP contribution in [0.5, 0.6) is 0 Å². The molecule has 1 heterocycles. The lowest BCUT2D eigenvalue weighted by Gasteiger charge is -2.25. The molecule has 5 nitrogen and oxygen atoms in total. The van der Waals surface area contributed by atoms with Crippen LogP contribution in [-0.2, 0) is 9.53 Å². The van der Waals surface area contributed by atoms with Gasteiger partial charge in [-0.05, 0) is 37.1 Å². The summed E-state index contributed by atoms with van der Waals surface area (Å²) in [7, 11) is 5.14. The first-order valence-electron chi connectivity index (χ1n) is 7.73. The number of hydrogen-bond donors (Lipinski definition) is 0. The van der Waals surface area contributed by atoms with Gasteiger partial charge in [0.25, 0.3) is 5.91 Å².